The van der Waals surface area contributed by atoms with Crippen LogP contribution in [0.3, 0.4) is 0 Å². The minimum absolute atomic E-state index is 0.0995. The lowest BCUT2D eigenvalue weighted by molar-refractivity contribution is -0.385. The summed E-state index contributed by atoms with van der Waals surface area (Å²) >= 11 is 3.12. The van der Waals surface area contributed by atoms with Gasteiger partial charge in [0, 0.05) is 24.7 Å². The van der Waals surface area contributed by atoms with Gasteiger partial charge in [0.2, 0.25) is 0 Å². The second-order valence-electron chi connectivity index (χ2n) is 4.85. The van der Waals surface area contributed by atoms with Crippen LogP contribution in [0.25, 0.3) is 0 Å². The molecule has 1 aliphatic heterocycles. The Labute approximate surface area is 129 Å². The van der Waals surface area contributed by atoms with Crippen molar-refractivity contribution < 1.29 is 9.72 Å². The number of benzene rings is 2. The van der Waals surface area contributed by atoms with Gasteiger partial charge in [-0.1, -0.05) is 24.3 Å². The first-order valence-electron chi connectivity index (χ1n) is 6.36. The van der Waals surface area contributed by atoms with Crippen LogP contribution < -0.4 is 0 Å². The van der Waals surface area contributed by atoms with Gasteiger partial charge in [0.15, 0.2) is 0 Å². The summed E-state index contributed by atoms with van der Waals surface area (Å²) in [6.07, 6.45) is 0. The number of halogens is 1. The number of hydrogen-bond donors (Lipinski definition) is 0. The molecule has 0 aliphatic carbocycles. The average Bonchev–Trinajstić information content (AvgIpc) is 2.90. The van der Waals surface area contributed by atoms with Gasteiger partial charge >= 0.3 is 0 Å². The van der Waals surface area contributed by atoms with Crippen LogP contribution in [0, 0.1) is 10.1 Å². The number of nitrogens with zero attached hydrogens (tertiary/aromatic N) is 2. The smallest absolute Gasteiger partial charge is 0.284 e. The molecule has 5 nitrogen and oxygen atoms in total. The minimum atomic E-state index is -0.500. The molecule has 106 valence electrons. The van der Waals surface area contributed by atoms with E-state index in [2.05, 4.69) is 15.9 Å². The van der Waals surface area contributed by atoms with Crippen LogP contribution >= 0.6 is 15.9 Å². The van der Waals surface area contributed by atoms with E-state index in [1.165, 1.54) is 12.1 Å². The number of rotatable bonds is 2. The first kappa shape index (κ1) is 13.8. The van der Waals surface area contributed by atoms with Gasteiger partial charge in [-0.3, -0.25) is 14.9 Å². The van der Waals surface area contributed by atoms with Gasteiger partial charge in [0.25, 0.3) is 11.6 Å². The summed E-state index contributed by atoms with van der Waals surface area (Å²) in [5.74, 6) is -0.193. The van der Waals surface area contributed by atoms with Crippen LogP contribution in [0.5, 0.6) is 0 Å². The van der Waals surface area contributed by atoms with Crippen molar-refractivity contribution in [2.24, 2.45) is 0 Å². The van der Waals surface area contributed by atoms with E-state index in [0.29, 0.717) is 23.1 Å². The molecule has 1 aliphatic rings. The molecule has 0 saturated carbocycles. The van der Waals surface area contributed by atoms with Gasteiger partial charge in [-0.2, -0.15) is 0 Å². The van der Waals surface area contributed by atoms with E-state index >= 15 is 0 Å². The third-order valence-electron chi connectivity index (χ3n) is 3.52. The van der Waals surface area contributed by atoms with Gasteiger partial charge < -0.3 is 4.90 Å². The Morgan fingerprint density at radius 2 is 1.76 bits per heavy atom. The highest BCUT2D eigenvalue weighted by Crippen LogP contribution is 2.28. The SMILES string of the molecule is O=C(c1ccc(Br)c([N+](=O)[O-])c1)N1Cc2ccccc2C1. The first-order chi connectivity index (χ1) is 10.1. The average molecular weight is 347 g/mol. The van der Waals surface area contributed by atoms with Crippen LogP contribution in [0.2, 0.25) is 0 Å². The van der Waals surface area contributed by atoms with E-state index in [9.17, 15) is 14.9 Å². The molecule has 0 bridgehead atoms. The van der Waals surface area contributed by atoms with Gasteiger partial charge in [-0.25, -0.2) is 0 Å². The van der Waals surface area contributed by atoms with Crippen molar-refractivity contribution in [3.63, 3.8) is 0 Å². The fraction of sp³-hybridized carbons (Fsp3) is 0.133. The Hall–Kier alpha value is -2.21. The molecule has 1 amide bonds. The summed E-state index contributed by atoms with van der Waals surface area (Å²) in [6, 6.07) is 12.3. The van der Waals surface area contributed by atoms with Crippen LogP contribution in [-0.2, 0) is 13.1 Å². The van der Waals surface area contributed by atoms with Crippen molar-refractivity contribution in [3.8, 4) is 0 Å². The summed E-state index contributed by atoms with van der Waals surface area (Å²) < 4.78 is 0.369. The zero-order chi connectivity index (χ0) is 15.0. The number of carbonyl (C=O) groups excluding carboxylic acids is 1. The molecule has 0 N–H and O–H groups in total. The fourth-order valence-electron chi connectivity index (χ4n) is 2.44. The Morgan fingerprint density at radius 3 is 2.33 bits per heavy atom. The van der Waals surface area contributed by atoms with E-state index in [-0.39, 0.29) is 11.6 Å². The lowest BCUT2D eigenvalue weighted by atomic mass is 10.1. The van der Waals surface area contributed by atoms with Crippen molar-refractivity contribution in [2.75, 3.05) is 0 Å². The van der Waals surface area contributed by atoms with Crippen molar-refractivity contribution in [2.45, 2.75) is 13.1 Å². The Balaban J connectivity index is 1.87. The fourth-order valence-corrected chi connectivity index (χ4v) is 2.84. The van der Waals surface area contributed by atoms with Crippen LogP contribution in [-0.4, -0.2) is 15.7 Å². The molecular formula is C15H11BrN2O3. The lowest BCUT2D eigenvalue weighted by Crippen LogP contribution is -2.25. The minimum Gasteiger partial charge on any atom is -0.330 e. The number of amides is 1. The van der Waals surface area contributed by atoms with Gasteiger partial charge in [-0.15, -0.1) is 0 Å². The largest absolute Gasteiger partial charge is 0.330 e. The maximum absolute atomic E-state index is 12.5. The van der Waals surface area contributed by atoms with E-state index < -0.39 is 4.92 Å². The maximum Gasteiger partial charge on any atom is 0.284 e. The molecule has 0 atom stereocenters. The highest BCUT2D eigenvalue weighted by Gasteiger charge is 2.25. The zero-order valence-corrected chi connectivity index (χ0v) is 12.5. The quantitative estimate of drug-likeness (QED) is 0.617. The Morgan fingerprint density at radius 1 is 1.14 bits per heavy atom. The van der Waals surface area contributed by atoms with Crippen molar-refractivity contribution in [1.29, 1.82) is 0 Å². The monoisotopic (exact) mass is 346 g/mol. The van der Waals surface area contributed by atoms with Crippen molar-refractivity contribution in [1.82, 2.24) is 4.90 Å². The highest BCUT2D eigenvalue weighted by molar-refractivity contribution is 9.10. The predicted octanol–water partition coefficient (Wildman–Crippen LogP) is 3.51. The summed E-state index contributed by atoms with van der Waals surface area (Å²) in [7, 11) is 0. The van der Waals surface area contributed by atoms with E-state index in [4.69, 9.17) is 0 Å². The summed E-state index contributed by atoms with van der Waals surface area (Å²) in [5.41, 5.74) is 2.48. The highest BCUT2D eigenvalue weighted by atomic mass is 79.9. The molecule has 0 spiro atoms. The molecule has 0 unspecified atom stereocenters. The standard InChI is InChI=1S/C15H11BrN2O3/c16-13-6-5-10(7-14(13)18(20)21)15(19)17-8-11-3-1-2-4-12(11)9-17/h1-7H,8-9H2. The number of nitro benzene ring substituents is 1. The maximum atomic E-state index is 12.5. The van der Waals surface area contributed by atoms with Gasteiger partial charge in [0.1, 0.15) is 0 Å². The van der Waals surface area contributed by atoms with E-state index in [1.807, 2.05) is 24.3 Å². The van der Waals surface area contributed by atoms with E-state index in [1.54, 1.807) is 11.0 Å². The number of fused-ring (bicyclic) bond motifs is 1. The summed E-state index contributed by atoms with van der Waals surface area (Å²) in [6.45, 7) is 1.08. The first-order valence-corrected chi connectivity index (χ1v) is 7.15. The molecule has 3 rings (SSSR count). The predicted molar refractivity (Wildman–Crippen MR) is 80.8 cm³/mol. The van der Waals surface area contributed by atoms with Crippen LogP contribution in [0.1, 0.15) is 21.5 Å². The van der Waals surface area contributed by atoms with E-state index in [0.717, 1.165) is 11.1 Å². The Bertz CT molecular complexity index is 720. The molecule has 2 aromatic rings. The number of nitro groups is 1. The number of hydrogen-bond acceptors (Lipinski definition) is 3. The van der Waals surface area contributed by atoms with Crippen molar-refractivity contribution in [3.05, 3.63) is 73.7 Å². The van der Waals surface area contributed by atoms with Crippen LogP contribution in [0.4, 0.5) is 5.69 Å². The Kier molecular flexibility index (Phi) is 3.47. The van der Waals surface area contributed by atoms with Crippen molar-refractivity contribution >= 4 is 27.5 Å². The molecule has 0 radical (unpaired) electrons. The summed E-state index contributed by atoms with van der Waals surface area (Å²) in [5, 5.41) is 10.9. The second kappa shape index (κ2) is 5.29. The second-order valence-corrected chi connectivity index (χ2v) is 5.71. The lowest BCUT2D eigenvalue weighted by Gasteiger charge is -2.15. The molecular weight excluding hydrogens is 336 g/mol. The molecule has 0 fully saturated rings. The van der Waals surface area contributed by atoms with Gasteiger partial charge in [0.05, 0.1) is 9.40 Å². The zero-order valence-electron chi connectivity index (χ0n) is 11.0. The molecule has 6 heteroatoms. The molecule has 0 saturated heterocycles. The molecule has 2 aromatic carbocycles. The number of carbonyl (C=O) groups is 1. The molecule has 0 aromatic heterocycles. The molecule has 1 heterocycles. The van der Waals surface area contributed by atoms with Gasteiger partial charge in [-0.05, 0) is 39.2 Å². The molecule has 21 heavy (non-hydrogen) atoms. The summed E-state index contributed by atoms with van der Waals surface area (Å²) in [4.78, 5) is 24.6. The third-order valence-corrected chi connectivity index (χ3v) is 4.19. The topological polar surface area (TPSA) is 63.4 Å². The van der Waals surface area contributed by atoms with Crippen LogP contribution in [0.15, 0.2) is 46.9 Å². The third kappa shape index (κ3) is 2.54. The normalized spacial score (nSPS) is 13.1.